The van der Waals surface area contributed by atoms with Crippen molar-refractivity contribution in [3.8, 4) is 11.5 Å². The summed E-state index contributed by atoms with van der Waals surface area (Å²) < 4.78 is 17.3. The van der Waals surface area contributed by atoms with E-state index in [1.54, 1.807) is 30.7 Å². The number of hydrogen-bond donors (Lipinski definition) is 3. The van der Waals surface area contributed by atoms with Crippen molar-refractivity contribution in [2.45, 2.75) is 30.7 Å². The van der Waals surface area contributed by atoms with Crippen LogP contribution in [0.15, 0.2) is 64.1 Å². The van der Waals surface area contributed by atoms with Crippen molar-refractivity contribution in [3.63, 3.8) is 0 Å². The molecular weight excluding hydrogens is 488 g/mol. The summed E-state index contributed by atoms with van der Waals surface area (Å²) in [4.78, 5) is 14.0. The van der Waals surface area contributed by atoms with Crippen LogP contribution in [0.2, 0.25) is 5.02 Å². The van der Waals surface area contributed by atoms with Crippen LogP contribution in [-0.2, 0) is 10.8 Å². The number of anilines is 3. The number of nitrogens with one attached hydrogen (secondary N) is 2. The van der Waals surface area contributed by atoms with Gasteiger partial charge in [0.25, 0.3) is 5.89 Å². The van der Waals surface area contributed by atoms with Crippen molar-refractivity contribution >= 4 is 39.9 Å². The molecule has 0 saturated heterocycles. The van der Waals surface area contributed by atoms with Gasteiger partial charge in [0.05, 0.1) is 33.4 Å². The van der Waals surface area contributed by atoms with E-state index in [4.69, 9.17) is 16.1 Å². The fourth-order valence-electron chi connectivity index (χ4n) is 3.31. The molecule has 0 amide bonds. The Hall–Kier alpha value is -3.34. The average Bonchev–Trinajstić information content (AvgIpc) is 3.33. The molecule has 2 aromatic heterocycles. The number of rotatable bonds is 9. The normalized spacial score (nSPS) is 13.0. The first-order valence-corrected chi connectivity index (χ1v) is 12.8. The summed E-state index contributed by atoms with van der Waals surface area (Å²) in [7, 11) is -1.20. The fourth-order valence-corrected chi connectivity index (χ4v) is 4.41. The number of hydrogen-bond acceptors (Lipinski definition) is 9. The van der Waals surface area contributed by atoms with Crippen molar-refractivity contribution < 1.29 is 13.8 Å². The standard InChI is InChI=1S/C24H25ClN6O3S/c1-14(2)21-29-23(34-31-21)17-12-26-24(27-16-9-10-20(35(3)33)18(25)11-16)30-22(17)28-19(13-32)15-7-5-4-6-8-15/h4-12,14,19,32H,13H2,1-3H3,(H2,26,27,28,30)/t19-,35?/m1/s1. The summed E-state index contributed by atoms with van der Waals surface area (Å²) in [6, 6.07) is 14.2. The Labute approximate surface area is 210 Å². The number of halogens is 1. The SMILES string of the molecule is CC(C)c1noc(-c2cnc(Nc3ccc(S(C)=O)c(Cl)c3)nc2N[C@H](CO)c2ccccc2)n1. The fraction of sp³-hybridized carbons (Fsp3) is 0.250. The van der Waals surface area contributed by atoms with Crippen molar-refractivity contribution in [1.29, 1.82) is 0 Å². The second-order valence-electron chi connectivity index (χ2n) is 8.08. The molecule has 0 radical (unpaired) electrons. The van der Waals surface area contributed by atoms with E-state index in [0.29, 0.717) is 32.8 Å². The minimum Gasteiger partial charge on any atom is -0.394 e. The minimum absolute atomic E-state index is 0.0884. The highest BCUT2D eigenvalue weighted by molar-refractivity contribution is 7.84. The summed E-state index contributed by atoms with van der Waals surface area (Å²) in [5.41, 5.74) is 2.01. The average molecular weight is 513 g/mol. The number of aliphatic hydroxyl groups is 1. The molecule has 182 valence electrons. The van der Waals surface area contributed by atoms with E-state index in [2.05, 4.69) is 30.7 Å². The Morgan fingerprint density at radius 3 is 2.54 bits per heavy atom. The summed E-state index contributed by atoms with van der Waals surface area (Å²) in [6.45, 7) is 3.78. The van der Waals surface area contributed by atoms with E-state index < -0.39 is 16.8 Å². The zero-order chi connectivity index (χ0) is 24.9. The van der Waals surface area contributed by atoms with Crippen molar-refractivity contribution in [2.75, 3.05) is 23.5 Å². The van der Waals surface area contributed by atoms with Crippen LogP contribution in [0.5, 0.6) is 0 Å². The Morgan fingerprint density at radius 1 is 1.14 bits per heavy atom. The van der Waals surface area contributed by atoms with Gasteiger partial charge in [-0.1, -0.05) is 60.9 Å². The van der Waals surface area contributed by atoms with Crippen LogP contribution in [0.1, 0.15) is 37.2 Å². The highest BCUT2D eigenvalue weighted by Crippen LogP contribution is 2.31. The molecule has 0 aliphatic rings. The summed E-state index contributed by atoms with van der Waals surface area (Å²) >= 11 is 6.27. The van der Waals surface area contributed by atoms with E-state index in [9.17, 15) is 9.32 Å². The summed E-state index contributed by atoms with van der Waals surface area (Å²) in [5, 5.41) is 20.9. The number of aliphatic hydroxyl groups excluding tert-OH is 1. The molecule has 0 saturated carbocycles. The molecule has 0 bridgehead atoms. The van der Waals surface area contributed by atoms with Crippen molar-refractivity contribution in [1.82, 2.24) is 20.1 Å². The van der Waals surface area contributed by atoms with E-state index in [0.717, 1.165) is 5.56 Å². The lowest BCUT2D eigenvalue weighted by molar-refractivity contribution is 0.276. The van der Waals surface area contributed by atoms with Gasteiger partial charge in [-0.05, 0) is 23.8 Å². The van der Waals surface area contributed by atoms with Crippen molar-refractivity contribution in [2.24, 2.45) is 0 Å². The maximum atomic E-state index is 11.8. The molecule has 4 aromatic rings. The minimum atomic E-state index is -1.20. The van der Waals surface area contributed by atoms with Crippen LogP contribution < -0.4 is 10.6 Å². The number of nitrogens with zero attached hydrogens (tertiary/aromatic N) is 4. The zero-order valence-corrected chi connectivity index (χ0v) is 21.0. The lowest BCUT2D eigenvalue weighted by atomic mass is 10.1. The molecule has 35 heavy (non-hydrogen) atoms. The molecule has 11 heteroatoms. The van der Waals surface area contributed by atoms with Gasteiger partial charge in [0.15, 0.2) is 5.82 Å². The van der Waals surface area contributed by atoms with Gasteiger partial charge in [0.2, 0.25) is 5.95 Å². The predicted molar refractivity (Wildman–Crippen MR) is 136 cm³/mol. The third-order valence-corrected chi connectivity index (χ3v) is 6.57. The lowest BCUT2D eigenvalue weighted by Gasteiger charge is -2.19. The molecule has 9 nitrogen and oxygen atoms in total. The van der Waals surface area contributed by atoms with Gasteiger partial charge in [0.1, 0.15) is 11.4 Å². The molecule has 2 aromatic carbocycles. The summed E-state index contributed by atoms with van der Waals surface area (Å²) in [5.74, 6) is 1.61. The van der Waals surface area contributed by atoms with Crippen LogP contribution in [0.25, 0.3) is 11.5 Å². The summed E-state index contributed by atoms with van der Waals surface area (Å²) in [6.07, 6.45) is 3.15. The molecule has 2 atom stereocenters. The molecule has 3 N–H and O–H groups in total. The Morgan fingerprint density at radius 2 is 1.91 bits per heavy atom. The second-order valence-corrected chi connectivity index (χ2v) is 9.84. The van der Waals surface area contributed by atoms with Crippen LogP contribution >= 0.6 is 11.6 Å². The van der Waals surface area contributed by atoms with Gasteiger partial charge in [-0.25, -0.2) is 4.98 Å². The monoisotopic (exact) mass is 512 g/mol. The maximum Gasteiger partial charge on any atom is 0.263 e. The van der Waals surface area contributed by atoms with Gasteiger partial charge in [-0.3, -0.25) is 4.21 Å². The molecule has 2 heterocycles. The van der Waals surface area contributed by atoms with Crippen LogP contribution in [0.4, 0.5) is 17.5 Å². The highest BCUT2D eigenvalue weighted by Gasteiger charge is 2.20. The highest BCUT2D eigenvalue weighted by atomic mass is 35.5. The maximum absolute atomic E-state index is 11.8. The molecule has 0 aliphatic carbocycles. The Bertz CT molecular complexity index is 1330. The second kappa shape index (κ2) is 10.9. The van der Waals surface area contributed by atoms with Crippen LogP contribution in [0, 0.1) is 0 Å². The first-order valence-electron chi connectivity index (χ1n) is 10.9. The third kappa shape index (κ3) is 5.84. The smallest absolute Gasteiger partial charge is 0.263 e. The van der Waals surface area contributed by atoms with E-state index in [-0.39, 0.29) is 24.4 Å². The van der Waals surface area contributed by atoms with Gasteiger partial charge in [-0.15, -0.1) is 0 Å². The van der Waals surface area contributed by atoms with Gasteiger partial charge >= 0.3 is 0 Å². The van der Waals surface area contributed by atoms with Crippen LogP contribution in [0.3, 0.4) is 0 Å². The van der Waals surface area contributed by atoms with Crippen molar-refractivity contribution in [3.05, 3.63) is 71.1 Å². The molecule has 0 aliphatic heterocycles. The Kier molecular flexibility index (Phi) is 7.74. The van der Waals surface area contributed by atoms with E-state index in [1.165, 1.54) is 0 Å². The largest absolute Gasteiger partial charge is 0.394 e. The van der Waals surface area contributed by atoms with Gasteiger partial charge < -0.3 is 20.3 Å². The first kappa shape index (κ1) is 24.8. The quantitative estimate of drug-likeness (QED) is 0.286. The molecular formula is C24H25ClN6O3S. The number of aromatic nitrogens is 4. The van der Waals surface area contributed by atoms with Gasteiger partial charge in [-0.2, -0.15) is 9.97 Å². The van der Waals surface area contributed by atoms with Crippen LogP contribution in [-0.4, -0.2) is 42.3 Å². The Balaban J connectivity index is 1.70. The lowest BCUT2D eigenvalue weighted by Crippen LogP contribution is -2.17. The third-order valence-electron chi connectivity index (χ3n) is 5.17. The topological polar surface area (TPSA) is 126 Å². The first-order chi connectivity index (χ1) is 16.9. The van der Waals surface area contributed by atoms with Gasteiger partial charge in [0, 0.05) is 24.1 Å². The van der Waals surface area contributed by atoms with E-state index in [1.807, 2.05) is 44.2 Å². The van der Waals surface area contributed by atoms with E-state index >= 15 is 0 Å². The predicted octanol–water partition coefficient (Wildman–Crippen LogP) is 4.93. The number of benzene rings is 2. The molecule has 1 unspecified atom stereocenters. The zero-order valence-electron chi connectivity index (χ0n) is 19.4. The molecule has 0 fully saturated rings. The molecule has 0 spiro atoms. The molecule has 4 rings (SSSR count).